The van der Waals surface area contributed by atoms with Gasteiger partial charge in [-0.25, -0.2) is 9.69 Å². The number of hydrogen-bond donors (Lipinski definition) is 0. The minimum absolute atomic E-state index is 0.0935. The number of nitrogens with zero attached hydrogens (tertiary/aromatic N) is 1. The van der Waals surface area contributed by atoms with Crippen molar-refractivity contribution >= 4 is 30.7 Å². The molecule has 1 saturated heterocycles. The standard InChI is InChI=1S/C32H37NO4Si/c1-25(15-14-22-30(34)33-29(24-36-31(33)35)26-16-8-5-9-17-26)23-37-38(32(2,3)4,27-18-10-6-11-19-27)28-20-12-7-13-21-28/h5-14,16-22,25,29H,15,23-24H2,1-4H3/b22-14+/t25-,29-/m0/s1. The van der Waals surface area contributed by atoms with Crippen LogP contribution in [0.25, 0.3) is 0 Å². The average molecular weight is 528 g/mol. The second-order valence-electron chi connectivity index (χ2n) is 10.9. The van der Waals surface area contributed by atoms with E-state index in [9.17, 15) is 9.59 Å². The summed E-state index contributed by atoms with van der Waals surface area (Å²) in [6.07, 6.45) is 3.39. The second kappa shape index (κ2) is 11.9. The first kappa shape index (κ1) is 27.5. The van der Waals surface area contributed by atoms with Gasteiger partial charge in [0.1, 0.15) is 12.6 Å². The summed E-state index contributed by atoms with van der Waals surface area (Å²) < 4.78 is 12.2. The van der Waals surface area contributed by atoms with E-state index in [4.69, 9.17) is 9.16 Å². The van der Waals surface area contributed by atoms with Gasteiger partial charge in [-0.2, -0.15) is 0 Å². The zero-order valence-electron chi connectivity index (χ0n) is 22.7. The van der Waals surface area contributed by atoms with Crippen LogP contribution in [0.3, 0.4) is 0 Å². The topological polar surface area (TPSA) is 55.8 Å². The molecule has 5 nitrogen and oxygen atoms in total. The van der Waals surface area contributed by atoms with Crippen molar-refractivity contribution in [3.05, 3.63) is 109 Å². The molecule has 3 aromatic rings. The van der Waals surface area contributed by atoms with Gasteiger partial charge in [-0.05, 0) is 39.4 Å². The van der Waals surface area contributed by atoms with Crippen molar-refractivity contribution in [2.24, 2.45) is 5.92 Å². The smallest absolute Gasteiger partial charge is 0.417 e. The van der Waals surface area contributed by atoms with E-state index in [2.05, 4.69) is 76.2 Å². The normalized spacial score (nSPS) is 17.0. The van der Waals surface area contributed by atoms with Gasteiger partial charge in [0, 0.05) is 6.61 Å². The molecule has 0 radical (unpaired) electrons. The van der Waals surface area contributed by atoms with E-state index in [1.807, 2.05) is 48.5 Å². The lowest BCUT2D eigenvalue weighted by Gasteiger charge is -2.43. The highest BCUT2D eigenvalue weighted by molar-refractivity contribution is 6.99. The van der Waals surface area contributed by atoms with Gasteiger partial charge < -0.3 is 9.16 Å². The number of carbonyl (C=O) groups excluding carboxylic acids is 2. The van der Waals surface area contributed by atoms with E-state index in [-0.39, 0.29) is 23.5 Å². The Morgan fingerprint density at radius 3 is 2.03 bits per heavy atom. The lowest BCUT2D eigenvalue weighted by Crippen LogP contribution is -2.66. The number of hydrogen-bond acceptors (Lipinski definition) is 4. The van der Waals surface area contributed by atoms with Crippen molar-refractivity contribution < 1.29 is 18.8 Å². The largest absolute Gasteiger partial charge is 0.446 e. The zero-order valence-corrected chi connectivity index (χ0v) is 23.7. The first-order chi connectivity index (χ1) is 18.2. The maximum atomic E-state index is 13.0. The summed E-state index contributed by atoms with van der Waals surface area (Å²) in [6.45, 7) is 9.65. The Kier molecular flexibility index (Phi) is 8.64. The third-order valence-electron chi connectivity index (χ3n) is 7.09. The van der Waals surface area contributed by atoms with Gasteiger partial charge in [-0.3, -0.25) is 4.79 Å². The fraction of sp³-hybridized carbons (Fsp3) is 0.312. The monoisotopic (exact) mass is 527 g/mol. The molecular formula is C32H37NO4Si. The molecule has 1 fully saturated rings. The number of ether oxygens (including phenoxy) is 1. The van der Waals surface area contributed by atoms with Gasteiger partial charge >= 0.3 is 6.09 Å². The highest BCUT2D eigenvalue weighted by Gasteiger charge is 2.50. The van der Waals surface area contributed by atoms with Gasteiger partial charge in [-0.1, -0.05) is 125 Å². The maximum Gasteiger partial charge on any atom is 0.417 e. The molecule has 0 N–H and O–H groups in total. The van der Waals surface area contributed by atoms with Crippen molar-refractivity contribution in [2.75, 3.05) is 13.2 Å². The third-order valence-corrected chi connectivity index (χ3v) is 12.1. The van der Waals surface area contributed by atoms with Gasteiger partial charge in [0.05, 0.1) is 0 Å². The van der Waals surface area contributed by atoms with E-state index in [0.29, 0.717) is 13.0 Å². The quantitative estimate of drug-likeness (QED) is 0.258. The van der Waals surface area contributed by atoms with Gasteiger partial charge in [0.15, 0.2) is 0 Å². The van der Waals surface area contributed by atoms with E-state index >= 15 is 0 Å². The van der Waals surface area contributed by atoms with Crippen molar-refractivity contribution in [3.8, 4) is 0 Å². The number of carbonyl (C=O) groups is 2. The molecule has 0 bridgehead atoms. The molecule has 38 heavy (non-hydrogen) atoms. The Balaban J connectivity index is 1.47. The van der Waals surface area contributed by atoms with Gasteiger partial charge in [0.2, 0.25) is 0 Å². The Morgan fingerprint density at radius 1 is 0.974 bits per heavy atom. The van der Waals surface area contributed by atoms with Crippen LogP contribution in [0.1, 0.15) is 45.7 Å². The first-order valence-corrected chi connectivity index (χ1v) is 15.1. The number of amides is 2. The molecule has 3 aromatic carbocycles. The highest BCUT2D eigenvalue weighted by Crippen LogP contribution is 2.37. The summed E-state index contributed by atoms with van der Waals surface area (Å²) in [7, 11) is -2.61. The SMILES string of the molecule is C[C@@H](C/C=C/C(=O)N1C(=O)OC[C@H]1c1ccccc1)CO[Si](c1ccccc1)(c1ccccc1)C(C)(C)C. The Morgan fingerprint density at radius 2 is 1.50 bits per heavy atom. The first-order valence-electron chi connectivity index (χ1n) is 13.2. The van der Waals surface area contributed by atoms with Crippen molar-refractivity contribution in [1.82, 2.24) is 4.90 Å². The summed E-state index contributed by atoms with van der Waals surface area (Å²) in [6, 6.07) is 30.3. The highest BCUT2D eigenvalue weighted by atomic mass is 28.4. The van der Waals surface area contributed by atoms with Crippen LogP contribution in [-0.4, -0.2) is 38.4 Å². The third kappa shape index (κ3) is 5.82. The minimum atomic E-state index is -2.61. The van der Waals surface area contributed by atoms with Crippen LogP contribution in [0.4, 0.5) is 4.79 Å². The van der Waals surface area contributed by atoms with Gasteiger partial charge in [0.25, 0.3) is 14.2 Å². The number of rotatable bonds is 9. The molecule has 0 unspecified atom stereocenters. The molecule has 6 heteroatoms. The summed E-state index contributed by atoms with van der Waals surface area (Å²) >= 11 is 0. The molecule has 2 atom stereocenters. The van der Waals surface area contributed by atoms with E-state index in [1.165, 1.54) is 21.3 Å². The second-order valence-corrected chi connectivity index (χ2v) is 15.2. The summed E-state index contributed by atoms with van der Waals surface area (Å²) in [5.74, 6) is -0.183. The van der Waals surface area contributed by atoms with Crippen LogP contribution in [0.5, 0.6) is 0 Å². The van der Waals surface area contributed by atoms with Crippen LogP contribution in [0.15, 0.2) is 103 Å². The zero-order chi connectivity index (χ0) is 27.2. The molecule has 198 valence electrons. The lowest BCUT2D eigenvalue weighted by molar-refractivity contribution is -0.124. The van der Waals surface area contributed by atoms with Crippen LogP contribution in [0, 0.1) is 5.92 Å². The Hall–Kier alpha value is -3.48. The average Bonchev–Trinajstić information content (AvgIpc) is 3.31. The molecule has 0 spiro atoms. The van der Waals surface area contributed by atoms with Crippen LogP contribution < -0.4 is 10.4 Å². The van der Waals surface area contributed by atoms with Crippen LogP contribution in [-0.2, 0) is 14.0 Å². The molecule has 1 aliphatic rings. The molecule has 0 aromatic heterocycles. The van der Waals surface area contributed by atoms with Crippen molar-refractivity contribution in [1.29, 1.82) is 0 Å². The Bertz CT molecular complexity index is 1200. The summed E-state index contributed by atoms with van der Waals surface area (Å²) in [5.41, 5.74) is 0.882. The predicted octanol–water partition coefficient (Wildman–Crippen LogP) is 5.87. The number of imide groups is 1. The van der Waals surface area contributed by atoms with Gasteiger partial charge in [-0.15, -0.1) is 0 Å². The molecular weight excluding hydrogens is 490 g/mol. The van der Waals surface area contributed by atoms with Crippen molar-refractivity contribution in [2.45, 2.75) is 45.2 Å². The Labute approximate surface area is 227 Å². The number of benzene rings is 3. The molecule has 0 aliphatic carbocycles. The molecule has 0 saturated carbocycles. The minimum Gasteiger partial charge on any atom is -0.446 e. The summed E-state index contributed by atoms with van der Waals surface area (Å²) in [4.78, 5) is 26.5. The molecule has 4 rings (SSSR count). The summed E-state index contributed by atoms with van der Waals surface area (Å²) in [5, 5.41) is 2.40. The van der Waals surface area contributed by atoms with E-state index in [1.54, 1.807) is 0 Å². The molecule has 1 heterocycles. The maximum absolute atomic E-state index is 13.0. The van der Waals surface area contributed by atoms with Crippen molar-refractivity contribution in [3.63, 3.8) is 0 Å². The molecule has 2 amide bonds. The van der Waals surface area contributed by atoms with Crippen LogP contribution in [0.2, 0.25) is 5.04 Å². The fourth-order valence-electron chi connectivity index (χ4n) is 5.16. The lowest BCUT2D eigenvalue weighted by atomic mass is 10.1. The predicted molar refractivity (Wildman–Crippen MR) is 154 cm³/mol. The van der Waals surface area contributed by atoms with E-state index in [0.717, 1.165) is 5.56 Å². The number of allylic oxidation sites excluding steroid dienone is 1. The van der Waals surface area contributed by atoms with E-state index < -0.39 is 20.5 Å². The number of cyclic esters (lactones) is 1. The van der Waals surface area contributed by atoms with Crippen LogP contribution >= 0.6 is 0 Å². The fourth-order valence-corrected chi connectivity index (χ4v) is 9.85. The molecule has 1 aliphatic heterocycles.